The molecule has 0 spiro atoms. The Morgan fingerprint density at radius 3 is 2.70 bits per heavy atom. The lowest BCUT2D eigenvalue weighted by Crippen LogP contribution is -2.43. The molecule has 1 aromatic rings. The van der Waals surface area contributed by atoms with Gasteiger partial charge in [-0.05, 0) is 37.5 Å². The summed E-state index contributed by atoms with van der Waals surface area (Å²) in [5, 5.41) is 0. The number of hydrogen-bond acceptors (Lipinski definition) is 2. The van der Waals surface area contributed by atoms with Crippen LogP contribution in [-0.4, -0.2) is 28.4 Å². The third-order valence-electron chi connectivity index (χ3n) is 3.78. The molecule has 1 aliphatic carbocycles. The van der Waals surface area contributed by atoms with Gasteiger partial charge < -0.3 is 10.6 Å². The maximum absolute atomic E-state index is 12.8. The molecule has 108 valence electrons. The standard InChI is InChI=1S/C15H19BrN2OS/c1-10-6-7-11(16)8-13(10)15(19)18(9-14(17)20)12-4-2-3-5-12/h6-8,12H,2-5,9H2,1H3,(H2,17,20). The second kappa shape index (κ2) is 6.68. The zero-order chi connectivity index (χ0) is 14.7. The highest BCUT2D eigenvalue weighted by atomic mass is 79.9. The fraction of sp³-hybridized carbons (Fsp3) is 0.467. The van der Waals surface area contributed by atoms with E-state index in [4.69, 9.17) is 18.0 Å². The zero-order valence-electron chi connectivity index (χ0n) is 11.6. The SMILES string of the molecule is Cc1ccc(Br)cc1C(=O)N(CC(N)=S)C1CCCC1. The van der Waals surface area contributed by atoms with Crippen molar-refractivity contribution < 1.29 is 4.79 Å². The quantitative estimate of drug-likeness (QED) is 0.842. The molecular formula is C15H19BrN2OS. The number of benzene rings is 1. The van der Waals surface area contributed by atoms with Gasteiger partial charge >= 0.3 is 0 Å². The van der Waals surface area contributed by atoms with Crippen molar-refractivity contribution in [3.63, 3.8) is 0 Å². The number of hydrogen-bond donors (Lipinski definition) is 1. The molecule has 0 radical (unpaired) electrons. The van der Waals surface area contributed by atoms with Gasteiger partial charge in [-0.1, -0.05) is 47.1 Å². The number of rotatable bonds is 4. The van der Waals surface area contributed by atoms with Crippen LogP contribution in [0.5, 0.6) is 0 Å². The van der Waals surface area contributed by atoms with E-state index in [9.17, 15) is 4.79 Å². The van der Waals surface area contributed by atoms with Crippen molar-refractivity contribution in [2.75, 3.05) is 6.54 Å². The topological polar surface area (TPSA) is 46.3 Å². The Hall–Kier alpha value is -0.940. The first kappa shape index (κ1) is 15.4. The highest BCUT2D eigenvalue weighted by Gasteiger charge is 2.28. The first-order valence-corrected chi connectivity index (χ1v) is 8.04. The zero-order valence-corrected chi connectivity index (χ0v) is 14.0. The average molecular weight is 355 g/mol. The van der Waals surface area contributed by atoms with Gasteiger partial charge in [-0.15, -0.1) is 0 Å². The predicted molar refractivity (Wildman–Crippen MR) is 89.0 cm³/mol. The summed E-state index contributed by atoms with van der Waals surface area (Å²) >= 11 is 8.44. The first-order valence-electron chi connectivity index (χ1n) is 6.84. The number of carbonyl (C=O) groups excluding carboxylic acids is 1. The summed E-state index contributed by atoms with van der Waals surface area (Å²) in [7, 11) is 0. The van der Waals surface area contributed by atoms with Crippen LogP contribution >= 0.6 is 28.1 Å². The van der Waals surface area contributed by atoms with E-state index in [-0.39, 0.29) is 11.9 Å². The van der Waals surface area contributed by atoms with Gasteiger partial charge in [0, 0.05) is 16.1 Å². The summed E-state index contributed by atoms with van der Waals surface area (Å²) < 4.78 is 0.910. The summed E-state index contributed by atoms with van der Waals surface area (Å²) in [4.78, 5) is 15.1. The molecule has 0 atom stereocenters. The van der Waals surface area contributed by atoms with Crippen molar-refractivity contribution in [2.45, 2.75) is 38.6 Å². The fourth-order valence-corrected chi connectivity index (χ4v) is 3.23. The van der Waals surface area contributed by atoms with Crippen LogP contribution in [0.3, 0.4) is 0 Å². The highest BCUT2D eigenvalue weighted by molar-refractivity contribution is 9.10. The lowest BCUT2D eigenvalue weighted by molar-refractivity contribution is 0.0714. The number of halogens is 1. The smallest absolute Gasteiger partial charge is 0.254 e. The number of nitrogens with zero attached hydrogens (tertiary/aromatic N) is 1. The molecule has 3 nitrogen and oxygen atoms in total. The highest BCUT2D eigenvalue weighted by Crippen LogP contribution is 2.26. The van der Waals surface area contributed by atoms with Crippen LogP contribution in [-0.2, 0) is 0 Å². The second-order valence-electron chi connectivity index (χ2n) is 5.30. The summed E-state index contributed by atoms with van der Waals surface area (Å²) in [6.45, 7) is 2.32. The van der Waals surface area contributed by atoms with Crippen LogP contribution in [0.25, 0.3) is 0 Å². The van der Waals surface area contributed by atoms with E-state index in [1.165, 1.54) is 12.8 Å². The Balaban J connectivity index is 2.29. The molecule has 2 N–H and O–H groups in total. The molecular weight excluding hydrogens is 336 g/mol. The molecule has 1 fully saturated rings. The third kappa shape index (κ3) is 3.58. The molecule has 0 aliphatic heterocycles. The molecule has 1 aromatic carbocycles. The normalized spacial score (nSPS) is 15.3. The average Bonchev–Trinajstić information content (AvgIpc) is 2.91. The lowest BCUT2D eigenvalue weighted by atomic mass is 10.1. The number of thiocarbonyl (C=S) groups is 1. The third-order valence-corrected chi connectivity index (χ3v) is 4.40. The van der Waals surface area contributed by atoms with E-state index in [1.54, 1.807) is 0 Å². The van der Waals surface area contributed by atoms with E-state index in [1.807, 2.05) is 30.0 Å². The van der Waals surface area contributed by atoms with Crippen LogP contribution in [0, 0.1) is 6.92 Å². The summed E-state index contributed by atoms with van der Waals surface area (Å²) in [5.41, 5.74) is 7.37. The van der Waals surface area contributed by atoms with Crippen molar-refractivity contribution >= 4 is 39.0 Å². The van der Waals surface area contributed by atoms with Gasteiger partial charge in [-0.2, -0.15) is 0 Å². The molecule has 0 unspecified atom stereocenters. The molecule has 0 aromatic heterocycles. The van der Waals surface area contributed by atoms with E-state index in [2.05, 4.69) is 15.9 Å². The van der Waals surface area contributed by atoms with Crippen LogP contribution in [0.1, 0.15) is 41.6 Å². The molecule has 5 heteroatoms. The van der Waals surface area contributed by atoms with Crippen molar-refractivity contribution in [3.8, 4) is 0 Å². The summed E-state index contributed by atoms with van der Waals surface area (Å²) in [6.07, 6.45) is 4.43. The number of aryl methyl sites for hydroxylation is 1. The van der Waals surface area contributed by atoms with E-state index in [0.29, 0.717) is 11.5 Å². The van der Waals surface area contributed by atoms with E-state index in [0.717, 1.165) is 28.4 Å². The second-order valence-corrected chi connectivity index (χ2v) is 6.74. The van der Waals surface area contributed by atoms with E-state index < -0.39 is 0 Å². The van der Waals surface area contributed by atoms with Crippen molar-refractivity contribution in [2.24, 2.45) is 5.73 Å². The van der Waals surface area contributed by atoms with Crippen LogP contribution < -0.4 is 5.73 Å². The fourth-order valence-electron chi connectivity index (χ4n) is 2.73. The first-order chi connectivity index (χ1) is 9.49. The monoisotopic (exact) mass is 354 g/mol. The van der Waals surface area contributed by atoms with Crippen molar-refractivity contribution in [3.05, 3.63) is 33.8 Å². The molecule has 0 saturated heterocycles. The maximum Gasteiger partial charge on any atom is 0.254 e. The van der Waals surface area contributed by atoms with Crippen molar-refractivity contribution in [1.82, 2.24) is 4.90 Å². The summed E-state index contributed by atoms with van der Waals surface area (Å²) in [5.74, 6) is 0.0310. The van der Waals surface area contributed by atoms with Gasteiger partial charge in [0.1, 0.15) is 0 Å². The Bertz CT molecular complexity index is 527. The van der Waals surface area contributed by atoms with Crippen LogP contribution in [0.2, 0.25) is 0 Å². The van der Waals surface area contributed by atoms with Gasteiger partial charge in [-0.25, -0.2) is 0 Å². The molecule has 1 aliphatic rings. The lowest BCUT2D eigenvalue weighted by Gasteiger charge is -2.29. The minimum absolute atomic E-state index is 0.0310. The molecule has 1 amide bonds. The van der Waals surface area contributed by atoms with Crippen molar-refractivity contribution in [1.29, 1.82) is 0 Å². The molecule has 0 bridgehead atoms. The largest absolute Gasteiger partial charge is 0.392 e. The molecule has 2 rings (SSSR count). The van der Waals surface area contributed by atoms with Gasteiger partial charge in [0.2, 0.25) is 0 Å². The van der Waals surface area contributed by atoms with Crippen LogP contribution in [0.15, 0.2) is 22.7 Å². The Labute approximate surface area is 133 Å². The summed E-state index contributed by atoms with van der Waals surface area (Å²) in [6, 6.07) is 6.03. The maximum atomic E-state index is 12.8. The van der Waals surface area contributed by atoms with Gasteiger partial charge in [0.15, 0.2) is 0 Å². The van der Waals surface area contributed by atoms with Gasteiger partial charge in [0.25, 0.3) is 5.91 Å². The minimum atomic E-state index is 0.0310. The number of amides is 1. The molecule has 1 saturated carbocycles. The predicted octanol–water partition coefficient (Wildman–Crippen LogP) is 3.43. The van der Waals surface area contributed by atoms with E-state index >= 15 is 0 Å². The minimum Gasteiger partial charge on any atom is -0.392 e. The Morgan fingerprint density at radius 2 is 2.10 bits per heavy atom. The van der Waals surface area contributed by atoms with Crippen LogP contribution in [0.4, 0.5) is 0 Å². The van der Waals surface area contributed by atoms with Gasteiger partial charge in [0.05, 0.1) is 11.5 Å². The Kier molecular flexibility index (Phi) is 5.16. The molecule has 20 heavy (non-hydrogen) atoms. The molecule has 0 heterocycles. The Morgan fingerprint density at radius 1 is 1.45 bits per heavy atom. The number of carbonyl (C=O) groups is 1. The van der Waals surface area contributed by atoms with Gasteiger partial charge in [-0.3, -0.25) is 4.79 Å². The number of nitrogens with two attached hydrogens (primary N) is 1.